The van der Waals surface area contributed by atoms with Crippen LogP contribution < -0.4 is 0 Å². The minimum Gasteiger partial charge on any atom is -0.346 e. The molecule has 0 saturated carbocycles. The van der Waals surface area contributed by atoms with Gasteiger partial charge in [0.25, 0.3) is 10.1 Å². The molecule has 104 valence electrons. The molecule has 0 aromatic carbocycles. The summed E-state index contributed by atoms with van der Waals surface area (Å²) < 4.78 is 38.5. The van der Waals surface area contributed by atoms with E-state index in [4.69, 9.17) is 13.7 Å². The quantitative estimate of drug-likeness (QED) is 0.666. The number of piperidine rings is 3. The summed E-state index contributed by atoms with van der Waals surface area (Å²) in [6.45, 7) is 3.49. The molecule has 4 aliphatic rings. The Bertz CT molecular complexity index is 417. The van der Waals surface area contributed by atoms with E-state index >= 15 is 0 Å². The maximum absolute atomic E-state index is 11.0. The number of ether oxygens (including phenoxy) is 2. The van der Waals surface area contributed by atoms with Gasteiger partial charge in [-0.3, -0.25) is 9.08 Å². The standard InChI is InChI=1S/C11H19NO5S/c1-18(13,14)16-7-10-6-15-11(17-10)8-12-4-2-9(11)3-5-12/h9-10H,2-8H2,1H3. The Balaban J connectivity index is 1.61. The van der Waals surface area contributed by atoms with Crippen molar-refractivity contribution in [3.05, 3.63) is 0 Å². The molecule has 2 bridgehead atoms. The van der Waals surface area contributed by atoms with Crippen molar-refractivity contribution in [2.45, 2.75) is 24.7 Å². The molecule has 4 saturated heterocycles. The number of nitrogens with zero attached hydrogens (tertiary/aromatic N) is 1. The third-order valence-electron chi connectivity index (χ3n) is 4.00. The van der Waals surface area contributed by atoms with Crippen molar-refractivity contribution >= 4 is 10.1 Å². The van der Waals surface area contributed by atoms with E-state index in [1.807, 2.05) is 0 Å². The molecule has 0 amide bonds. The fourth-order valence-electron chi connectivity index (χ4n) is 3.13. The number of hydrogen-bond donors (Lipinski definition) is 0. The lowest BCUT2D eigenvalue weighted by atomic mass is 9.83. The van der Waals surface area contributed by atoms with Gasteiger partial charge >= 0.3 is 0 Å². The largest absolute Gasteiger partial charge is 0.346 e. The van der Waals surface area contributed by atoms with E-state index in [9.17, 15) is 8.42 Å². The number of hydrogen-bond acceptors (Lipinski definition) is 6. The van der Waals surface area contributed by atoms with Gasteiger partial charge in [0.2, 0.25) is 0 Å². The molecule has 0 aromatic heterocycles. The molecule has 0 N–H and O–H groups in total. The fraction of sp³-hybridized carbons (Fsp3) is 1.00. The average molecular weight is 277 g/mol. The van der Waals surface area contributed by atoms with Gasteiger partial charge in [-0.1, -0.05) is 0 Å². The first-order valence-corrected chi connectivity index (χ1v) is 8.17. The van der Waals surface area contributed by atoms with Crippen molar-refractivity contribution in [3.63, 3.8) is 0 Å². The van der Waals surface area contributed by atoms with E-state index in [2.05, 4.69) is 4.90 Å². The highest BCUT2D eigenvalue weighted by molar-refractivity contribution is 7.85. The zero-order chi connectivity index (χ0) is 12.8. The Labute approximate surface area is 107 Å². The summed E-state index contributed by atoms with van der Waals surface area (Å²) in [5.74, 6) is -0.0760. The van der Waals surface area contributed by atoms with E-state index in [-0.39, 0.29) is 12.7 Å². The molecule has 4 fully saturated rings. The molecule has 7 heteroatoms. The van der Waals surface area contributed by atoms with Crippen LogP contribution in [0.15, 0.2) is 0 Å². The molecule has 2 atom stereocenters. The van der Waals surface area contributed by atoms with Crippen LogP contribution in [0.4, 0.5) is 0 Å². The van der Waals surface area contributed by atoms with Gasteiger partial charge in [-0.05, 0) is 25.9 Å². The average Bonchev–Trinajstić information content (AvgIpc) is 2.71. The summed E-state index contributed by atoms with van der Waals surface area (Å²) >= 11 is 0. The third kappa shape index (κ3) is 2.42. The van der Waals surface area contributed by atoms with Gasteiger partial charge in [-0.25, -0.2) is 0 Å². The van der Waals surface area contributed by atoms with Gasteiger partial charge in [0.1, 0.15) is 6.10 Å². The second kappa shape index (κ2) is 4.42. The van der Waals surface area contributed by atoms with Crippen molar-refractivity contribution < 1.29 is 22.1 Å². The van der Waals surface area contributed by atoms with Crippen molar-refractivity contribution in [2.24, 2.45) is 5.92 Å². The summed E-state index contributed by atoms with van der Waals surface area (Å²) in [5, 5.41) is 0. The predicted octanol–water partition coefficient (Wildman–Crippen LogP) is -0.200. The lowest BCUT2D eigenvalue weighted by Gasteiger charge is -2.49. The summed E-state index contributed by atoms with van der Waals surface area (Å²) in [4.78, 5) is 2.35. The van der Waals surface area contributed by atoms with Crippen LogP contribution in [0.5, 0.6) is 0 Å². The molecule has 1 spiro atoms. The molecule has 18 heavy (non-hydrogen) atoms. The van der Waals surface area contributed by atoms with Crippen molar-refractivity contribution in [2.75, 3.05) is 39.1 Å². The zero-order valence-electron chi connectivity index (χ0n) is 10.5. The molecular weight excluding hydrogens is 258 g/mol. The second-order valence-corrected chi connectivity index (χ2v) is 7.05. The first-order valence-electron chi connectivity index (χ1n) is 6.35. The maximum Gasteiger partial charge on any atom is 0.264 e. The first-order chi connectivity index (χ1) is 8.47. The lowest BCUT2D eigenvalue weighted by Crippen LogP contribution is -2.60. The van der Waals surface area contributed by atoms with Crippen molar-refractivity contribution in [1.29, 1.82) is 0 Å². The molecule has 0 radical (unpaired) electrons. The lowest BCUT2D eigenvalue weighted by molar-refractivity contribution is -0.251. The van der Waals surface area contributed by atoms with Gasteiger partial charge in [0, 0.05) is 5.92 Å². The van der Waals surface area contributed by atoms with Gasteiger partial charge in [0.05, 0.1) is 26.0 Å². The number of rotatable bonds is 3. The summed E-state index contributed by atoms with van der Waals surface area (Å²) in [6, 6.07) is 0. The van der Waals surface area contributed by atoms with Crippen LogP contribution in [0.1, 0.15) is 12.8 Å². The van der Waals surface area contributed by atoms with E-state index < -0.39 is 15.9 Å². The topological polar surface area (TPSA) is 65.1 Å². The van der Waals surface area contributed by atoms with Crippen LogP contribution in [0.25, 0.3) is 0 Å². The van der Waals surface area contributed by atoms with Crippen LogP contribution in [-0.4, -0.2) is 64.3 Å². The molecule has 0 aromatic rings. The minimum atomic E-state index is -3.41. The molecule has 4 rings (SSSR count). The van der Waals surface area contributed by atoms with Gasteiger partial charge in [-0.15, -0.1) is 0 Å². The smallest absolute Gasteiger partial charge is 0.264 e. The van der Waals surface area contributed by atoms with Crippen LogP contribution in [0, 0.1) is 5.92 Å². The first kappa shape index (κ1) is 12.8. The molecule has 4 heterocycles. The second-order valence-electron chi connectivity index (χ2n) is 5.40. The van der Waals surface area contributed by atoms with Crippen LogP contribution in [0.3, 0.4) is 0 Å². The molecule has 4 aliphatic heterocycles. The Morgan fingerprint density at radius 1 is 1.39 bits per heavy atom. The van der Waals surface area contributed by atoms with Gasteiger partial charge in [0.15, 0.2) is 5.79 Å². The van der Waals surface area contributed by atoms with Gasteiger partial charge < -0.3 is 9.47 Å². The highest BCUT2D eigenvalue weighted by atomic mass is 32.2. The summed E-state index contributed by atoms with van der Waals surface area (Å²) in [5.41, 5.74) is 0. The van der Waals surface area contributed by atoms with Crippen LogP contribution in [-0.2, 0) is 23.8 Å². The minimum absolute atomic E-state index is 0.0489. The summed E-state index contributed by atoms with van der Waals surface area (Å²) in [6.07, 6.45) is 2.96. The van der Waals surface area contributed by atoms with E-state index in [1.165, 1.54) is 0 Å². The molecular formula is C11H19NO5S. The van der Waals surface area contributed by atoms with E-state index in [0.717, 1.165) is 38.7 Å². The Morgan fingerprint density at radius 3 is 2.67 bits per heavy atom. The molecule has 0 aliphatic carbocycles. The van der Waals surface area contributed by atoms with Crippen LogP contribution >= 0.6 is 0 Å². The normalized spacial score (nSPS) is 43.7. The van der Waals surface area contributed by atoms with E-state index in [0.29, 0.717) is 12.5 Å². The predicted molar refractivity (Wildman–Crippen MR) is 63.5 cm³/mol. The number of fused-ring (bicyclic) bond motifs is 2. The van der Waals surface area contributed by atoms with Crippen molar-refractivity contribution in [1.82, 2.24) is 4.90 Å². The van der Waals surface area contributed by atoms with Gasteiger partial charge in [-0.2, -0.15) is 8.42 Å². The fourth-order valence-corrected chi connectivity index (χ4v) is 3.53. The van der Waals surface area contributed by atoms with Crippen LogP contribution in [0.2, 0.25) is 0 Å². The maximum atomic E-state index is 11.0. The highest BCUT2D eigenvalue weighted by Crippen LogP contribution is 2.42. The Kier molecular flexibility index (Phi) is 3.14. The summed E-state index contributed by atoms with van der Waals surface area (Å²) in [7, 11) is -3.41. The third-order valence-corrected chi connectivity index (χ3v) is 4.57. The SMILES string of the molecule is CS(=O)(=O)OCC1COC2(CN3CCC2CC3)O1. The Morgan fingerprint density at radius 2 is 2.11 bits per heavy atom. The zero-order valence-corrected chi connectivity index (χ0v) is 11.3. The molecule has 2 unspecified atom stereocenters. The van der Waals surface area contributed by atoms with E-state index in [1.54, 1.807) is 0 Å². The monoisotopic (exact) mass is 277 g/mol. The van der Waals surface area contributed by atoms with Crippen molar-refractivity contribution in [3.8, 4) is 0 Å². The highest BCUT2D eigenvalue weighted by Gasteiger charge is 2.53. The molecule has 6 nitrogen and oxygen atoms in total. The Hall–Kier alpha value is -0.210.